The van der Waals surface area contributed by atoms with Gasteiger partial charge < -0.3 is 4.74 Å². The highest BCUT2D eigenvalue weighted by Gasteiger charge is 1.91. The first-order chi connectivity index (χ1) is 5.27. The predicted molar refractivity (Wildman–Crippen MR) is 51.8 cm³/mol. The monoisotopic (exact) mass is 158 g/mol. The summed E-state index contributed by atoms with van der Waals surface area (Å²) in [4.78, 5) is 0. The van der Waals surface area contributed by atoms with Crippen LogP contribution in [0.3, 0.4) is 0 Å². The van der Waals surface area contributed by atoms with E-state index in [0.717, 1.165) is 13.2 Å². The number of ether oxygens (including phenoxy) is 1. The molecule has 0 saturated heterocycles. The fourth-order valence-electron chi connectivity index (χ4n) is 0.565. The summed E-state index contributed by atoms with van der Waals surface area (Å²) < 4.78 is 5.34. The number of rotatable bonds is 5. The average molecular weight is 158 g/mol. The van der Waals surface area contributed by atoms with Crippen LogP contribution in [0, 0.1) is 5.92 Å². The van der Waals surface area contributed by atoms with Crippen molar-refractivity contribution >= 4 is 0 Å². The van der Waals surface area contributed by atoms with E-state index in [2.05, 4.69) is 33.9 Å². The summed E-state index contributed by atoms with van der Waals surface area (Å²) in [7, 11) is 0. The van der Waals surface area contributed by atoms with Crippen molar-refractivity contribution in [2.45, 2.75) is 33.6 Å². The molecule has 0 bridgehead atoms. The average Bonchev–Trinajstić information content (AvgIpc) is 2.02. The van der Waals surface area contributed by atoms with Gasteiger partial charge in [0.25, 0.3) is 0 Å². The molecule has 0 heterocycles. The van der Waals surface area contributed by atoms with E-state index in [9.17, 15) is 0 Å². The Hall–Kier alpha value is -0.300. The van der Waals surface area contributed by atoms with Crippen LogP contribution in [0.5, 0.6) is 0 Å². The SMILES string of the molecule is C=C.CCCCOCC(C)C. The molecule has 0 aromatic heterocycles. The molecule has 0 atom stereocenters. The zero-order valence-corrected chi connectivity index (χ0v) is 8.23. The van der Waals surface area contributed by atoms with Crippen molar-refractivity contribution in [3.8, 4) is 0 Å². The van der Waals surface area contributed by atoms with Crippen molar-refractivity contribution in [1.29, 1.82) is 0 Å². The van der Waals surface area contributed by atoms with Gasteiger partial charge in [-0.25, -0.2) is 0 Å². The molecule has 0 spiro atoms. The third kappa shape index (κ3) is 17.7. The van der Waals surface area contributed by atoms with Crippen LogP contribution in [0.4, 0.5) is 0 Å². The lowest BCUT2D eigenvalue weighted by Crippen LogP contribution is -2.02. The Labute approximate surface area is 71.5 Å². The third-order valence-corrected chi connectivity index (χ3v) is 1.09. The van der Waals surface area contributed by atoms with E-state index in [1.807, 2.05) is 0 Å². The molecule has 0 aromatic carbocycles. The van der Waals surface area contributed by atoms with E-state index < -0.39 is 0 Å². The first-order valence-electron chi connectivity index (χ1n) is 4.35. The Balaban J connectivity index is 0. The maximum Gasteiger partial charge on any atom is 0.0488 e. The first kappa shape index (κ1) is 13.3. The summed E-state index contributed by atoms with van der Waals surface area (Å²) in [5.41, 5.74) is 0. The first-order valence-corrected chi connectivity index (χ1v) is 4.35. The fraction of sp³-hybridized carbons (Fsp3) is 0.800. The number of unbranched alkanes of at least 4 members (excludes halogenated alkanes) is 1. The van der Waals surface area contributed by atoms with Gasteiger partial charge in [0.15, 0.2) is 0 Å². The van der Waals surface area contributed by atoms with E-state index >= 15 is 0 Å². The highest BCUT2D eigenvalue weighted by atomic mass is 16.5. The maximum atomic E-state index is 5.34. The molecular weight excluding hydrogens is 136 g/mol. The number of hydrogen-bond acceptors (Lipinski definition) is 1. The molecule has 0 aliphatic rings. The summed E-state index contributed by atoms with van der Waals surface area (Å²) in [6.45, 7) is 14.4. The van der Waals surface area contributed by atoms with Crippen LogP contribution in [0.2, 0.25) is 0 Å². The molecule has 0 amide bonds. The summed E-state index contributed by atoms with van der Waals surface area (Å²) in [6.07, 6.45) is 2.44. The van der Waals surface area contributed by atoms with Crippen LogP contribution in [0.25, 0.3) is 0 Å². The Kier molecular flexibility index (Phi) is 15.0. The Morgan fingerprint density at radius 1 is 1.27 bits per heavy atom. The Bertz CT molecular complexity index is 59.9. The van der Waals surface area contributed by atoms with Crippen LogP contribution < -0.4 is 0 Å². The van der Waals surface area contributed by atoms with E-state index in [4.69, 9.17) is 4.74 Å². The summed E-state index contributed by atoms with van der Waals surface area (Å²) in [5, 5.41) is 0. The highest BCUT2D eigenvalue weighted by Crippen LogP contribution is 1.94. The molecule has 11 heavy (non-hydrogen) atoms. The van der Waals surface area contributed by atoms with Gasteiger partial charge in [0, 0.05) is 13.2 Å². The van der Waals surface area contributed by atoms with Crippen LogP contribution in [-0.2, 0) is 4.74 Å². The minimum Gasteiger partial charge on any atom is -0.381 e. The largest absolute Gasteiger partial charge is 0.381 e. The Morgan fingerprint density at radius 3 is 2.18 bits per heavy atom. The standard InChI is InChI=1S/C8H18O.C2H4/c1-4-5-6-9-7-8(2)3;1-2/h8H,4-7H2,1-3H3;1-2H2. The molecule has 0 radical (unpaired) electrons. The van der Waals surface area contributed by atoms with Gasteiger partial charge in [-0.3, -0.25) is 0 Å². The highest BCUT2D eigenvalue weighted by molar-refractivity contribution is 4.39. The van der Waals surface area contributed by atoms with Crippen LogP contribution >= 0.6 is 0 Å². The molecule has 0 aromatic rings. The van der Waals surface area contributed by atoms with Gasteiger partial charge in [-0.05, 0) is 12.3 Å². The lowest BCUT2D eigenvalue weighted by atomic mass is 10.2. The second-order valence-corrected chi connectivity index (χ2v) is 2.82. The smallest absolute Gasteiger partial charge is 0.0488 e. The molecule has 0 rings (SSSR count). The molecule has 0 aliphatic carbocycles. The van der Waals surface area contributed by atoms with Gasteiger partial charge >= 0.3 is 0 Å². The van der Waals surface area contributed by atoms with E-state index in [-0.39, 0.29) is 0 Å². The molecule has 0 saturated carbocycles. The molecule has 1 nitrogen and oxygen atoms in total. The minimum atomic E-state index is 0.682. The van der Waals surface area contributed by atoms with Crippen LogP contribution in [0.15, 0.2) is 13.2 Å². The molecule has 0 N–H and O–H groups in total. The topological polar surface area (TPSA) is 9.23 Å². The predicted octanol–water partition coefficient (Wildman–Crippen LogP) is 3.26. The quantitative estimate of drug-likeness (QED) is 0.441. The van der Waals surface area contributed by atoms with Crippen LogP contribution in [0.1, 0.15) is 33.6 Å². The van der Waals surface area contributed by atoms with Crippen molar-refractivity contribution in [2.24, 2.45) is 5.92 Å². The van der Waals surface area contributed by atoms with Gasteiger partial charge in [-0.1, -0.05) is 27.2 Å². The molecular formula is C10H22O. The van der Waals surface area contributed by atoms with Crippen molar-refractivity contribution in [2.75, 3.05) is 13.2 Å². The molecule has 68 valence electrons. The normalized spacial score (nSPS) is 9.09. The Morgan fingerprint density at radius 2 is 1.82 bits per heavy atom. The van der Waals surface area contributed by atoms with Crippen molar-refractivity contribution in [1.82, 2.24) is 0 Å². The van der Waals surface area contributed by atoms with E-state index in [1.54, 1.807) is 0 Å². The summed E-state index contributed by atoms with van der Waals surface area (Å²) in [5.74, 6) is 0.682. The second kappa shape index (κ2) is 12.4. The fourth-order valence-corrected chi connectivity index (χ4v) is 0.565. The van der Waals surface area contributed by atoms with Crippen molar-refractivity contribution in [3.05, 3.63) is 13.2 Å². The van der Waals surface area contributed by atoms with E-state index in [1.165, 1.54) is 12.8 Å². The molecule has 0 aliphatic heterocycles. The molecule has 1 heteroatoms. The van der Waals surface area contributed by atoms with Crippen molar-refractivity contribution < 1.29 is 4.74 Å². The maximum absolute atomic E-state index is 5.34. The lowest BCUT2D eigenvalue weighted by molar-refractivity contribution is 0.107. The molecule has 0 unspecified atom stereocenters. The third-order valence-electron chi connectivity index (χ3n) is 1.09. The second-order valence-electron chi connectivity index (χ2n) is 2.82. The lowest BCUT2D eigenvalue weighted by Gasteiger charge is -2.04. The van der Waals surface area contributed by atoms with Gasteiger partial charge in [0.2, 0.25) is 0 Å². The van der Waals surface area contributed by atoms with Crippen molar-refractivity contribution in [3.63, 3.8) is 0 Å². The van der Waals surface area contributed by atoms with E-state index in [0.29, 0.717) is 5.92 Å². The van der Waals surface area contributed by atoms with Gasteiger partial charge in [0.1, 0.15) is 0 Å². The van der Waals surface area contributed by atoms with Crippen LogP contribution in [-0.4, -0.2) is 13.2 Å². The summed E-state index contributed by atoms with van der Waals surface area (Å²) in [6, 6.07) is 0. The number of hydrogen-bond donors (Lipinski definition) is 0. The minimum absolute atomic E-state index is 0.682. The zero-order chi connectivity index (χ0) is 9.11. The molecule has 0 fully saturated rings. The van der Waals surface area contributed by atoms with Gasteiger partial charge in [-0.2, -0.15) is 0 Å². The zero-order valence-electron chi connectivity index (χ0n) is 8.23. The summed E-state index contributed by atoms with van der Waals surface area (Å²) >= 11 is 0. The van der Waals surface area contributed by atoms with Gasteiger partial charge in [-0.15, -0.1) is 13.2 Å². The van der Waals surface area contributed by atoms with Gasteiger partial charge in [0.05, 0.1) is 0 Å².